The van der Waals surface area contributed by atoms with Crippen LogP contribution in [0, 0.1) is 0 Å². The van der Waals surface area contributed by atoms with Crippen LogP contribution in [-0.2, 0) is 9.47 Å². The summed E-state index contributed by atoms with van der Waals surface area (Å²) in [6.07, 6.45) is 5.20. The van der Waals surface area contributed by atoms with E-state index in [-0.39, 0.29) is 12.1 Å². The molecule has 1 atom stereocenters. The van der Waals surface area contributed by atoms with E-state index in [1.165, 1.54) is 6.42 Å². The number of ether oxygens (including phenoxy) is 2. The van der Waals surface area contributed by atoms with Gasteiger partial charge in [-0.3, -0.25) is 4.98 Å². The van der Waals surface area contributed by atoms with Crippen molar-refractivity contribution < 1.29 is 14.3 Å². The molecule has 0 spiro atoms. The smallest absolute Gasteiger partial charge is 0.341 e. The van der Waals surface area contributed by atoms with Crippen LogP contribution < -0.4 is 4.90 Å². The molecule has 1 aliphatic heterocycles. The van der Waals surface area contributed by atoms with Gasteiger partial charge in [-0.05, 0) is 32.3 Å². The normalized spacial score (nSPS) is 17.7. The number of carbonyl (C=O) groups is 1. The molecule has 1 saturated heterocycles. The molecule has 2 heterocycles. The molecule has 5 heteroatoms. The summed E-state index contributed by atoms with van der Waals surface area (Å²) in [7, 11) is 2.00. The Morgan fingerprint density at radius 2 is 2.21 bits per heavy atom. The van der Waals surface area contributed by atoms with Crippen LogP contribution in [0.4, 0.5) is 5.69 Å². The van der Waals surface area contributed by atoms with Crippen LogP contribution in [0.3, 0.4) is 0 Å². The number of carbonyl (C=O) groups excluding carboxylic acids is 1. The van der Waals surface area contributed by atoms with Crippen molar-refractivity contribution in [2.24, 2.45) is 0 Å². The van der Waals surface area contributed by atoms with Crippen LogP contribution in [0.1, 0.15) is 36.5 Å². The Hall–Kier alpha value is -2.14. The van der Waals surface area contributed by atoms with Gasteiger partial charge in [0.1, 0.15) is 5.56 Å². The molecule has 1 aromatic carbocycles. The van der Waals surface area contributed by atoms with Crippen LogP contribution in [-0.4, -0.2) is 43.9 Å². The zero-order valence-corrected chi connectivity index (χ0v) is 14.3. The number of para-hydroxylation sites is 1. The van der Waals surface area contributed by atoms with Gasteiger partial charge in [-0.2, -0.15) is 0 Å². The number of pyridine rings is 1. The maximum absolute atomic E-state index is 12.4. The van der Waals surface area contributed by atoms with Gasteiger partial charge in [0.25, 0.3) is 0 Å². The maximum atomic E-state index is 12.4. The van der Waals surface area contributed by atoms with Crippen molar-refractivity contribution in [3.63, 3.8) is 0 Å². The van der Waals surface area contributed by atoms with Gasteiger partial charge >= 0.3 is 5.97 Å². The number of likely N-dealkylation sites (N-methyl/N-ethyl adjacent to an activating group) is 1. The standard InChI is InChI=1S/C19H24N2O3/c1-3-23-19(22)16-12-20-17-10-5-4-9-15(17)18(16)21(2)13-14-8-6-7-11-24-14/h4-5,9-10,12,14H,3,6-8,11,13H2,1-2H3. The molecule has 0 bridgehead atoms. The van der Waals surface area contributed by atoms with E-state index in [2.05, 4.69) is 9.88 Å². The Morgan fingerprint density at radius 3 is 2.96 bits per heavy atom. The zero-order valence-electron chi connectivity index (χ0n) is 14.3. The highest BCUT2D eigenvalue weighted by Crippen LogP contribution is 2.30. The highest BCUT2D eigenvalue weighted by atomic mass is 16.5. The molecule has 1 unspecified atom stereocenters. The third-order valence-corrected chi connectivity index (χ3v) is 4.38. The predicted octanol–water partition coefficient (Wildman–Crippen LogP) is 3.42. The van der Waals surface area contributed by atoms with E-state index >= 15 is 0 Å². The first kappa shape index (κ1) is 16.7. The summed E-state index contributed by atoms with van der Waals surface area (Å²) < 4.78 is 11.1. The molecule has 0 aliphatic carbocycles. The molecule has 3 rings (SSSR count). The fourth-order valence-electron chi connectivity index (χ4n) is 3.24. The Balaban J connectivity index is 1.98. The third kappa shape index (κ3) is 3.51. The lowest BCUT2D eigenvalue weighted by atomic mass is 10.1. The summed E-state index contributed by atoms with van der Waals surface area (Å²) in [5.41, 5.74) is 2.25. The molecule has 2 aromatic rings. The molecule has 0 radical (unpaired) electrons. The third-order valence-electron chi connectivity index (χ3n) is 4.38. The molecule has 1 fully saturated rings. The number of benzene rings is 1. The Labute approximate surface area is 142 Å². The Bertz CT molecular complexity index is 711. The number of hydrogen-bond donors (Lipinski definition) is 0. The van der Waals surface area contributed by atoms with Gasteiger partial charge in [0.2, 0.25) is 0 Å². The second-order valence-electron chi connectivity index (χ2n) is 6.13. The average Bonchev–Trinajstić information content (AvgIpc) is 2.61. The molecular formula is C19H24N2O3. The SMILES string of the molecule is CCOC(=O)c1cnc2ccccc2c1N(C)CC1CCCCO1. The van der Waals surface area contributed by atoms with E-state index in [9.17, 15) is 4.79 Å². The summed E-state index contributed by atoms with van der Waals surface area (Å²) >= 11 is 0. The highest BCUT2D eigenvalue weighted by molar-refractivity contribution is 6.05. The van der Waals surface area contributed by atoms with Gasteiger partial charge in [0.05, 0.1) is 23.9 Å². The van der Waals surface area contributed by atoms with Gasteiger partial charge in [0.15, 0.2) is 0 Å². The monoisotopic (exact) mass is 328 g/mol. The molecule has 128 valence electrons. The minimum atomic E-state index is -0.331. The van der Waals surface area contributed by atoms with Gasteiger partial charge in [0, 0.05) is 31.8 Å². The maximum Gasteiger partial charge on any atom is 0.341 e. The van der Waals surface area contributed by atoms with Crippen LogP contribution in [0.2, 0.25) is 0 Å². The summed E-state index contributed by atoms with van der Waals surface area (Å²) in [5, 5.41) is 0.960. The van der Waals surface area contributed by atoms with Gasteiger partial charge < -0.3 is 14.4 Å². The zero-order chi connectivity index (χ0) is 16.9. The van der Waals surface area contributed by atoms with Gasteiger partial charge in [-0.25, -0.2) is 4.79 Å². The lowest BCUT2D eigenvalue weighted by molar-refractivity contribution is 0.0215. The predicted molar refractivity (Wildman–Crippen MR) is 94.6 cm³/mol. The molecule has 0 amide bonds. The van der Waals surface area contributed by atoms with Crippen molar-refractivity contribution in [1.82, 2.24) is 4.98 Å². The molecule has 5 nitrogen and oxygen atoms in total. The average molecular weight is 328 g/mol. The molecule has 1 aliphatic rings. The minimum absolute atomic E-state index is 0.200. The molecule has 0 saturated carbocycles. The number of nitrogens with zero attached hydrogens (tertiary/aromatic N) is 2. The lowest BCUT2D eigenvalue weighted by Crippen LogP contribution is -2.34. The van der Waals surface area contributed by atoms with Crippen molar-refractivity contribution in [2.45, 2.75) is 32.3 Å². The summed E-state index contributed by atoms with van der Waals surface area (Å²) in [6, 6.07) is 7.87. The van der Waals surface area contributed by atoms with E-state index in [0.29, 0.717) is 12.2 Å². The van der Waals surface area contributed by atoms with Crippen LogP contribution >= 0.6 is 0 Å². The Morgan fingerprint density at radius 1 is 1.38 bits per heavy atom. The largest absolute Gasteiger partial charge is 0.462 e. The van der Waals surface area contributed by atoms with Crippen LogP contribution in [0.5, 0.6) is 0 Å². The van der Waals surface area contributed by atoms with Gasteiger partial charge in [-0.1, -0.05) is 18.2 Å². The van der Waals surface area contributed by atoms with Crippen LogP contribution in [0.25, 0.3) is 10.9 Å². The van der Waals surface area contributed by atoms with Crippen molar-refractivity contribution in [3.8, 4) is 0 Å². The first-order valence-corrected chi connectivity index (χ1v) is 8.58. The second-order valence-corrected chi connectivity index (χ2v) is 6.13. The fourth-order valence-corrected chi connectivity index (χ4v) is 3.24. The molecule has 0 N–H and O–H groups in total. The van der Waals surface area contributed by atoms with E-state index in [1.54, 1.807) is 6.20 Å². The number of esters is 1. The number of hydrogen-bond acceptors (Lipinski definition) is 5. The quantitative estimate of drug-likeness (QED) is 0.787. The number of rotatable bonds is 5. The molecule has 1 aromatic heterocycles. The van der Waals surface area contributed by atoms with E-state index in [1.807, 2.05) is 38.2 Å². The summed E-state index contributed by atoms with van der Waals surface area (Å²) in [6.45, 7) is 3.73. The van der Waals surface area contributed by atoms with Crippen molar-refractivity contribution >= 4 is 22.6 Å². The van der Waals surface area contributed by atoms with E-state index in [4.69, 9.17) is 9.47 Å². The lowest BCUT2D eigenvalue weighted by Gasteiger charge is -2.30. The highest BCUT2D eigenvalue weighted by Gasteiger charge is 2.22. The van der Waals surface area contributed by atoms with E-state index in [0.717, 1.165) is 42.6 Å². The Kier molecular flexibility index (Phi) is 5.30. The summed E-state index contributed by atoms with van der Waals surface area (Å²) in [5.74, 6) is -0.331. The van der Waals surface area contributed by atoms with Gasteiger partial charge in [-0.15, -0.1) is 0 Å². The molecule has 24 heavy (non-hydrogen) atoms. The van der Waals surface area contributed by atoms with Crippen LogP contribution in [0.15, 0.2) is 30.5 Å². The van der Waals surface area contributed by atoms with Crippen molar-refractivity contribution in [3.05, 3.63) is 36.0 Å². The van der Waals surface area contributed by atoms with Crippen molar-refractivity contribution in [1.29, 1.82) is 0 Å². The number of anilines is 1. The van der Waals surface area contributed by atoms with Crippen molar-refractivity contribution in [2.75, 3.05) is 31.7 Å². The topological polar surface area (TPSA) is 51.7 Å². The fraction of sp³-hybridized carbons (Fsp3) is 0.474. The first-order chi connectivity index (χ1) is 11.7. The minimum Gasteiger partial charge on any atom is -0.462 e. The number of fused-ring (bicyclic) bond motifs is 1. The molecular weight excluding hydrogens is 304 g/mol. The first-order valence-electron chi connectivity index (χ1n) is 8.58. The van der Waals surface area contributed by atoms with E-state index < -0.39 is 0 Å². The number of aromatic nitrogens is 1. The second kappa shape index (κ2) is 7.62. The summed E-state index contributed by atoms with van der Waals surface area (Å²) in [4.78, 5) is 18.9.